The maximum atomic E-state index is 12.7. The van der Waals surface area contributed by atoms with E-state index in [0.717, 1.165) is 15.8 Å². The second-order valence-electron chi connectivity index (χ2n) is 5.58. The number of benzene rings is 2. The van der Waals surface area contributed by atoms with Crippen LogP contribution in [0.25, 0.3) is 22.4 Å². The SMILES string of the molecule is CNC(=O)Cn1nc(-c2ccccc2)c(-c2ccccc2)c(C#N)c1=O. The van der Waals surface area contributed by atoms with Crippen LogP contribution in [0.2, 0.25) is 0 Å². The molecule has 26 heavy (non-hydrogen) atoms. The Labute approximate surface area is 150 Å². The second-order valence-corrected chi connectivity index (χ2v) is 5.58. The average molecular weight is 344 g/mol. The fourth-order valence-corrected chi connectivity index (χ4v) is 2.68. The van der Waals surface area contributed by atoms with Gasteiger partial charge in [0.05, 0.1) is 0 Å². The van der Waals surface area contributed by atoms with Gasteiger partial charge in [0.1, 0.15) is 23.9 Å². The Bertz CT molecular complexity index is 1040. The quantitative estimate of drug-likeness (QED) is 0.786. The number of nitrogens with one attached hydrogen (secondary N) is 1. The molecular formula is C20H16N4O2. The van der Waals surface area contributed by atoms with Crippen molar-refractivity contribution in [3.8, 4) is 28.5 Å². The lowest BCUT2D eigenvalue weighted by Crippen LogP contribution is -2.33. The van der Waals surface area contributed by atoms with E-state index >= 15 is 0 Å². The highest BCUT2D eigenvalue weighted by atomic mass is 16.2. The van der Waals surface area contributed by atoms with Crippen LogP contribution in [0.15, 0.2) is 65.5 Å². The van der Waals surface area contributed by atoms with Crippen LogP contribution in [0.4, 0.5) is 0 Å². The monoisotopic (exact) mass is 344 g/mol. The maximum Gasteiger partial charge on any atom is 0.285 e. The third-order valence-corrected chi connectivity index (χ3v) is 3.95. The van der Waals surface area contributed by atoms with Gasteiger partial charge in [0.2, 0.25) is 5.91 Å². The van der Waals surface area contributed by atoms with Crippen LogP contribution in [-0.2, 0) is 11.3 Å². The number of hydrogen-bond acceptors (Lipinski definition) is 4. The van der Waals surface area contributed by atoms with Crippen LogP contribution in [-0.4, -0.2) is 22.7 Å². The van der Waals surface area contributed by atoms with Gasteiger partial charge in [0.15, 0.2) is 0 Å². The van der Waals surface area contributed by atoms with E-state index in [-0.39, 0.29) is 18.0 Å². The number of rotatable bonds is 4. The molecule has 0 bridgehead atoms. The van der Waals surface area contributed by atoms with Crippen molar-refractivity contribution in [3.63, 3.8) is 0 Å². The van der Waals surface area contributed by atoms with Gasteiger partial charge in [-0.25, -0.2) is 4.68 Å². The maximum absolute atomic E-state index is 12.7. The Morgan fingerprint density at radius 1 is 1.08 bits per heavy atom. The predicted octanol–water partition coefficient (Wildman–Crippen LogP) is 2.19. The molecule has 0 aliphatic rings. The molecule has 0 atom stereocenters. The van der Waals surface area contributed by atoms with Crippen LogP contribution >= 0.6 is 0 Å². The van der Waals surface area contributed by atoms with Crippen LogP contribution in [0, 0.1) is 11.3 Å². The number of nitrogens with zero attached hydrogens (tertiary/aromatic N) is 3. The zero-order valence-electron chi connectivity index (χ0n) is 14.1. The molecule has 0 radical (unpaired) electrons. The Morgan fingerprint density at radius 2 is 1.65 bits per heavy atom. The van der Waals surface area contributed by atoms with Gasteiger partial charge in [0.25, 0.3) is 5.56 Å². The van der Waals surface area contributed by atoms with Gasteiger partial charge < -0.3 is 5.32 Å². The summed E-state index contributed by atoms with van der Waals surface area (Å²) in [6, 6.07) is 20.5. The molecule has 0 aliphatic heterocycles. The topological polar surface area (TPSA) is 87.8 Å². The molecule has 3 aromatic rings. The van der Waals surface area contributed by atoms with E-state index in [2.05, 4.69) is 10.4 Å². The zero-order valence-corrected chi connectivity index (χ0v) is 14.1. The van der Waals surface area contributed by atoms with E-state index in [0.29, 0.717) is 11.3 Å². The molecule has 6 nitrogen and oxygen atoms in total. The highest BCUT2D eigenvalue weighted by Crippen LogP contribution is 2.31. The first-order chi connectivity index (χ1) is 12.7. The Morgan fingerprint density at radius 3 is 2.19 bits per heavy atom. The molecule has 0 fully saturated rings. The number of aromatic nitrogens is 2. The van der Waals surface area contributed by atoms with E-state index in [4.69, 9.17) is 0 Å². The smallest absolute Gasteiger partial charge is 0.285 e. The first-order valence-electron chi connectivity index (χ1n) is 8.02. The molecule has 128 valence electrons. The lowest BCUT2D eigenvalue weighted by Gasteiger charge is -2.14. The molecule has 1 heterocycles. The van der Waals surface area contributed by atoms with E-state index in [1.54, 1.807) is 0 Å². The minimum atomic E-state index is -0.588. The number of likely N-dealkylation sites (N-methyl/N-ethyl adjacent to an activating group) is 1. The summed E-state index contributed by atoms with van der Waals surface area (Å²) >= 11 is 0. The fraction of sp³-hybridized carbons (Fsp3) is 0.100. The summed E-state index contributed by atoms with van der Waals surface area (Å²) in [6.45, 7) is -0.251. The summed E-state index contributed by atoms with van der Waals surface area (Å²) in [6.07, 6.45) is 0. The molecule has 2 aromatic carbocycles. The standard InChI is InChI=1S/C20H16N4O2/c1-22-17(25)13-24-20(26)16(12-21)18(14-8-4-2-5-9-14)19(23-24)15-10-6-3-7-11-15/h2-11H,13H2,1H3,(H,22,25). The Kier molecular flexibility index (Phi) is 4.90. The summed E-state index contributed by atoms with van der Waals surface area (Å²) in [5.41, 5.74) is 1.81. The summed E-state index contributed by atoms with van der Waals surface area (Å²) in [5, 5.41) is 16.5. The van der Waals surface area contributed by atoms with Gasteiger partial charge in [-0.05, 0) is 5.56 Å². The molecule has 0 saturated heterocycles. The fourth-order valence-electron chi connectivity index (χ4n) is 2.68. The van der Waals surface area contributed by atoms with Gasteiger partial charge >= 0.3 is 0 Å². The van der Waals surface area contributed by atoms with E-state index < -0.39 is 5.56 Å². The first-order valence-corrected chi connectivity index (χ1v) is 8.02. The lowest BCUT2D eigenvalue weighted by molar-refractivity contribution is -0.121. The van der Waals surface area contributed by atoms with Crippen molar-refractivity contribution in [1.82, 2.24) is 15.1 Å². The van der Waals surface area contributed by atoms with Crippen molar-refractivity contribution in [2.75, 3.05) is 7.05 Å². The summed E-state index contributed by atoms with van der Waals surface area (Å²) in [4.78, 5) is 24.5. The second kappa shape index (κ2) is 7.45. The van der Waals surface area contributed by atoms with E-state index in [1.807, 2.05) is 66.7 Å². The first kappa shape index (κ1) is 17.1. The highest BCUT2D eigenvalue weighted by Gasteiger charge is 2.20. The lowest BCUT2D eigenvalue weighted by atomic mass is 9.96. The zero-order chi connectivity index (χ0) is 18.5. The third kappa shape index (κ3) is 3.23. The van der Waals surface area contributed by atoms with Crippen LogP contribution in [0.1, 0.15) is 5.56 Å². The summed E-state index contributed by atoms with van der Waals surface area (Å²) in [7, 11) is 1.48. The van der Waals surface area contributed by atoms with Crippen molar-refractivity contribution in [2.24, 2.45) is 0 Å². The molecular weight excluding hydrogens is 328 g/mol. The molecule has 0 aliphatic carbocycles. The van der Waals surface area contributed by atoms with Crippen molar-refractivity contribution in [3.05, 3.63) is 76.6 Å². The molecule has 6 heteroatoms. The molecule has 1 N–H and O–H groups in total. The predicted molar refractivity (Wildman–Crippen MR) is 98.2 cm³/mol. The number of hydrogen-bond donors (Lipinski definition) is 1. The van der Waals surface area contributed by atoms with Gasteiger partial charge in [0, 0.05) is 18.2 Å². The van der Waals surface area contributed by atoms with Gasteiger partial charge in [-0.1, -0.05) is 60.7 Å². The third-order valence-electron chi connectivity index (χ3n) is 3.95. The van der Waals surface area contributed by atoms with E-state index in [9.17, 15) is 14.9 Å². The summed E-state index contributed by atoms with van der Waals surface area (Å²) < 4.78 is 1.03. The minimum Gasteiger partial charge on any atom is -0.358 e. The number of nitriles is 1. The van der Waals surface area contributed by atoms with Gasteiger partial charge in [-0.2, -0.15) is 10.4 Å². The highest BCUT2D eigenvalue weighted by molar-refractivity contribution is 5.84. The number of amides is 1. The summed E-state index contributed by atoms with van der Waals surface area (Å²) in [5.74, 6) is -0.366. The molecule has 1 amide bonds. The van der Waals surface area contributed by atoms with Crippen LogP contribution < -0.4 is 10.9 Å². The number of carbonyl (C=O) groups is 1. The van der Waals surface area contributed by atoms with Crippen molar-refractivity contribution in [2.45, 2.75) is 6.54 Å². The molecule has 0 unspecified atom stereocenters. The normalized spacial score (nSPS) is 10.2. The molecule has 0 saturated carbocycles. The Balaban J connectivity index is 2.35. The molecule has 3 rings (SSSR count). The van der Waals surface area contributed by atoms with Crippen LogP contribution in [0.5, 0.6) is 0 Å². The van der Waals surface area contributed by atoms with Gasteiger partial charge in [-0.3, -0.25) is 9.59 Å². The molecule has 1 aromatic heterocycles. The van der Waals surface area contributed by atoms with Gasteiger partial charge in [-0.15, -0.1) is 0 Å². The minimum absolute atomic E-state index is 0.0334. The van der Waals surface area contributed by atoms with Crippen molar-refractivity contribution < 1.29 is 4.79 Å². The average Bonchev–Trinajstić information content (AvgIpc) is 2.70. The van der Waals surface area contributed by atoms with Crippen LogP contribution in [0.3, 0.4) is 0 Å². The molecule has 0 spiro atoms. The van der Waals surface area contributed by atoms with Crippen molar-refractivity contribution in [1.29, 1.82) is 5.26 Å². The number of carbonyl (C=O) groups excluding carboxylic acids is 1. The van der Waals surface area contributed by atoms with Crippen molar-refractivity contribution >= 4 is 5.91 Å². The Hall–Kier alpha value is -3.72. The largest absolute Gasteiger partial charge is 0.358 e. The van der Waals surface area contributed by atoms with E-state index in [1.165, 1.54) is 7.05 Å².